The number of ether oxygens (including phenoxy) is 1. The van der Waals surface area contributed by atoms with Crippen LogP contribution in [-0.4, -0.2) is 51.0 Å². The molecule has 2 aromatic rings. The monoisotopic (exact) mass is 305 g/mol. The van der Waals surface area contributed by atoms with E-state index in [-0.39, 0.29) is 18.2 Å². The van der Waals surface area contributed by atoms with Crippen LogP contribution in [0.3, 0.4) is 0 Å². The molecule has 0 saturated carbocycles. The molecular weight excluding hydrogens is 286 g/mol. The van der Waals surface area contributed by atoms with Gasteiger partial charge in [0.25, 0.3) is 5.91 Å². The molecule has 2 rings (SSSR count). The van der Waals surface area contributed by atoms with Crippen LogP contribution in [0.5, 0.6) is 5.75 Å². The van der Waals surface area contributed by atoms with Gasteiger partial charge in [0.2, 0.25) is 0 Å². The number of amides is 1. The van der Waals surface area contributed by atoms with Crippen molar-refractivity contribution in [3.8, 4) is 5.75 Å². The average molecular weight is 305 g/mol. The number of carbonyl (C=O) groups excluding carboxylic acids is 1. The molecule has 0 aliphatic heterocycles. The lowest BCUT2D eigenvalue weighted by Crippen LogP contribution is -2.34. The predicted octanol–water partition coefficient (Wildman–Crippen LogP) is 1.59. The smallest absolute Gasteiger partial charge is 0.354 e. The Morgan fingerprint density at radius 2 is 2.05 bits per heavy atom. The fourth-order valence-corrected chi connectivity index (χ4v) is 2.33. The number of pyridine rings is 1. The topological polar surface area (TPSA) is 84.1 Å². The third kappa shape index (κ3) is 2.88. The van der Waals surface area contributed by atoms with Gasteiger partial charge >= 0.3 is 5.97 Å². The molecule has 0 saturated heterocycles. The number of rotatable bonds is 6. The minimum absolute atomic E-state index is 0.0931. The van der Waals surface area contributed by atoms with Crippen LogP contribution in [-0.2, 0) is 4.79 Å². The summed E-state index contributed by atoms with van der Waals surface area (Å²) in [6, 6.07) is 3.33. The van der Waals surface area contributed by atoms with Crippen molar-refractivity contribution in [2.24, 2.45) is 0 Å². The van der Waals surface area contributed by atoms with Gasteiger partial charge in [0.15, 0.2) is 23.7 Å². The summed E-state index contributed by atoms with van der Waals surface area (Å²) >= 11 is 0. The molecule has 22 heavy (non-hydrogen) atoms. The molecular formula is C15H19N3O4. The van der Waals surface area contributed by atoms with E-state index >= 15 is 0 Å². The van der Waals surface area contributed by atoms with E-state index in [0.29, 0.717) is 30.2 Å². The Morgan fingerprint density at radius 3 is 2.64 bits per heavy atom. The number of fused-ring (bicyclic) bond motifs is 1. The first-order valence-electron chi connectivity index (χ1n) is 7.11. The van der Waals surface area contributed by atoms with Crippen molar-refractivity contribution in [2.45, 2.75) is 20.8 Å². The minimum Gasteiger partial charge on any atom is -0.480 e. The number of carboxylic acids is 1. The number of carboxylic acid groups (broad SMARTS) is 1. The number of nitrogens with zero attached hydrogens (tertiary/aromatic N) is 3. The van der Waals surface area contributed by atoms with E-state index in [1.165, 1.54) is 4.40 Å². The van der Waals surface area contributed by atoms with E-state index in [2.05, 4.69) is 4.98 Å². The number of aromatic nitrogens is 2. The number of carbonyl (C=O) groups is 2. The third-order valence-electron chi connectivity index (χ3n) is 3.46. The lowest BCUT2D eigenvalue weighted by Gasteiger charge is -2.18. The molecule has 0 spiro atoms. The molecule has 0 aliphatic rings. The van der Waals surface area contributed by atoms with Crippen molar-refractivity contribution in [1.82, 2.24) is 14.3 Å². The Kier molecular flexibility index (Phi) is 4.65. The average Bonchev–Trinajstić information content (AvgIpc) is 2.82. The van der Waals surface area contributed by atoms with Crippen molar-refractivity contribution >= 4 is 17.5 Å². The first-order chi connectivity index (χ1) is 10.5. The molecule has 1 amide bonds. The molecule has 0 fully saturated rings. The van der Waals surface area contributed by atoms with E-state index < -0.39 is 5.97 Å². The van der Waals surface area contributed by atoms with Crippen LogP contribution in [0.2, 0.25) is 0 Å². The zero-order valence-electron chi connectivity index (χ0n) is 12.9. The van der Waals surface area contributed by atoms with Crippen LogP contribution < -0.4 is 4.74 Å². The van der Waals surface area contributed by atoms with Gasteiger partial charge in [-0.2, -0.15) is 0 Å². The van der Waals surface area contributed by atoms with Crippen LogP contribution in [0.15, 0.2) is 18.3 Å². The maximum absolute atomic E-state index is 12.0. The number of aromatic carboxylic acids is 1. The zero-order chi connectivity index (χ0) is 16.3. The highest BCUT2D eigenvalue weighted by molar-refractivity contribution is 5.88. The summed E-state index contributed by atoms with van der Waals surface area (Å²) in [4.78, 5) is 29.1. The Morgan fingerprint density at radius 1 is 1.36 bits per heavy atom. The Labute approximate surface area is 128 Å². The largest absolute Gasteiger partial charge is 0.480 e. The second kappa shape index (κ2) is 6.46. The number of hydrogen-bond donors (Lipinski definition) is 1. The second-order valence-electron chi connectivity index (χ2n) is 4.77. The maximum atomic E-state index is 12.0. The summed E-state index contributed by atoms with van der Waals surface area (Å²) in [5, 5.41) is 9.24. The lowest BCUT2D eigenvalue weighted by atomic mass is 10.3. The van der Waals surface area contributed by atoms with Crippen LogP contribution in [0.4, 0.5) is 0 Å². The van der Waals surface area contributed by atoms with Gasteiger partial charge in [-0.25, -0.2) is 9.78 Å². The third-order valence-corrected chi connectivity index (χ3v) is 3.46. The van der Waals surface area contributed by atoms with Gasteiger partial charge in [0.05, 0.1) is 5.69 Å². The quantitative estimate of drug-likeness (QED) is 0.876. The van der Waals surface area contributed by atoms with Crippen LogP contribution in [0, 0.1) is 6.92 Å². The molecule has 118 valence electrons. The van der Waals surface area contributed by atoms with Crippen molar-refractivity contribution < 1.29 is 19.4 Å². The second-order valence-corrected chi connectivity index (χ2v) is 4.77. The molecule has 0 aromatic carbocycles. The summed E-state index contributed by atoms with van der Waals surface area (Å²) in [5.74, 6) is -0.784. The maximum Gasteiger partial charge on any atom is 0.354 e. The van der Waals surface area contributed by atoms with Crippen LogP contribution in [0.25, 0.3) is 5.65 Å². The molecule has 7 heteroatoms. The van der Waals surface area contributed by atoms with Gasteiger partial charge in [-0.3, -0.25) is 9.20 Å². The molecule has 0 atom stereocenters. The van der Waals surface area contributed by atoms with Gasteiger partial charge < -0.3 is 14.7 Å². The van der Waals surface area contributed by atoms with Crippen LogP contribution >= 0.6 is 0 Å². The molecule has 7 nitrogen and oxygen atoms in total. The molecule has 0 bridgehead atoms. The van der Waals surface area contributed by atoms with E-state index in [0.717, 1.165) is 0 Å². The van der Waals surface area contributed by atoms with Crippen molar-refractivity contribution in [3.05, 3.63) is 29.7 Å². The Balaban J connectivity index is 2.28. The van der Waals surface area contributed by atoms with Crippen molar-refractivity contribution in [1.29, 1.82) is 0 Å². The number of likely N-dealkylation sites (N-methyl/N-ethyl adjacent to an activating group) is 1. The number of imidazole rings is 1. The standard InChI is InChI=1S/C15H19N3O4/c1-4-17(5-2)12(19)9-22-11-7-6-8-18-13(15(20)21)10(3)16-14(11)18/h6-8H,4-5,9H2,1-3H3,(H,20,21). The predicted molar refractivity (Wildman–Crippen MR) is 80.3 cm³/mol. The van der Waals surface area contributed by atoms with E-state index in [9.17, 15) is 14.7 Å². The lowest BCUT2D eigenvalue weighted by molar-refractivity contribution is -0.132. The molecule has 0 radical (unpaired) electrons. The normalized spacial score (nSPS) is 10.7. The van der Waals surface area contributed by atoms with E-state index in [4.69, 9.17) is 4.74 Å². The number of aryl methyl sites for hydroxylation is 1. The van der Waals surface area contributed by atoms with Crippen molar-refractivity contribution in [3.63, 3.8) is 0 Å². The van der Waals surface area contributed by atoms with Gasteiger partial charge in [-0.05, 0) is 32.9 Å². The highest BCUT2D eigenvalue weighted by Gasteiger charge is 2.18. The molecule has 2 aromatic heterocycles. The van der Waals surface area contributed by atoms with E-state index in [1.807, 2.05) is 13.8 Å². The summed E-state index contributed by atoms with van der Waals surface area (Å²) < 4.78 is 7.00. The first-order valence-corrected chi connectivity index (χ1v) is 7.11. The fourth-order valence-electron chi connectivity index (χ4n) is 2.33. The summed E-state index contributed by atoms with van der Waals surface area (Å²) in [5.41, 5.74) is 0.888. The highest BCUT2D eigenvalue weighted by Crippen LogP contribution is 2.22. The van der Waals surface area contributed by atoms with Gasteiger partial charge in [-0.1, -0.05) is 0 Å². The van der Waals surface area contributed by atoms with E-state index in [1.54, 1.807) is 30.2 Å². The Bertz CT molecular complexity index is 704. The summed E-state index contributed by atoms with van der Waals surface area (Å²) in [6.45, 7) is 6.57. The Hall–Kier alpha value is -2.57. The zero-order valence-corrected chi connectivity index (χ0v) is 12.9. The molecule has 1 N–H and O–H groups in total. The summed E-state index contributed by atoms with van der Waals surface area (Å²) in [6.07, 6.45) is 1.61. The molecule has 0 unspecified atom stereocenters. The fraction of sp³-hybridized carbons (Fsp3) is 0.400. The summed E-state index contributed by atoms with van der Waals surface area (Å²) in [7, 11) is 0. The van der Waals surface area contributed by atoms with Crippen molar-refractivity contribution in [2.75, 3.05) is 19.7 Å². The molecule has 0 aliphatic carbocycles. The van der Waals surface area contributed by atoms with Gasteiger partial charge in [-0.15, -0.1) is 0 Å². The number of hydrogen-bond acceptors (Lipinski definition) is 4. The SMILES string of the molecule is CCN(CC)C(=O)COc1cccn2c(C(=O)O)c(C)nc12. The highest BCUT2D eigenvalue weighted by atomic mass is 16.5. The molecule has 2 heterocycles. The van der Waals surface area contributed by atoms with Gasteiger partial charge in [0.1, 0.15) is 0 Å². The van der Waals surface area contributed by atoms with Crippen LogP contribution in [0.1, 0.15) is 30.0 Å². The van der Waals surface area contributed by atoms with Gasteiger partial charge in [0, 0.05) is 19.3 Å². The first kappa shape index (κ1) is 15.8. The minimum atomic E-state index is -1.05.